The van der Waals surface area contributed by atoms with Crippen LogP contribution in [0.5, 0.6) is 0 Å². The lowest BCUT2D eigenvalue weighted by molar-refractivity contribution is 0.0874. The molecule has 22 heavy (non-hydrogen) atoms. The summed E-state index contributed by atoms with van der Waals surface area (Å²) in [5.74, 6) is 2.79. The number of aliphatic hydroxyl groups excluding tert-OH is 1. The molecular weight excluding hydrogens is 278 g/mol. The normalized spacial score (nSPS) is 25.1. The highest BCUT2D eigenvalue weighted by atomic mass is 16.3. The number of piperidine rings is 1. The minimum absolute atomic E-state index is 0.285. The van der Waals surface area contributed by atoms with E-state index in [9.17, 15) is 5.11 Å². The molecule has 6 nitrogen and oxygen atoms in total. The standard InChI is InChI=1S/C16H29N5O/c1-12-5-7-20(8-6-12)11-15(22)9-17-14-3-4-16-18-13(2)19-21(16)10-14/h12,14-15,17,22H,3-11H2,1-2H3. The first-order valence-electron chi connectivity index (χ1n) is 8.64. The van der Waals surface area contributed by atoms with Crippen molar-refractivity contribution in [3.8, 4) is 0 Å². The van der Waals surface area contributed by atoms with Gasteiger partial charge in [-0.1, -0.05) is 6.92 Å². The number of aromatic nitrogens is 3. The summed E-state index contributed by atoms with van der Waals surface area (Å²) in [5, 5.41) is 18.2. The zero-order valence-electron chi connectivity index (χ0n) is 13.8. The minimum atomic E-state index is -0.285. The van der Waals surface area contributed by atoms with Crippen LogP contribution in [0.2, 0.25) is 0 Å². The van der Waals surface area contributed by atoms with Gasteiger partial charge >= 0.3 is 0 Å². The zero-order valence-corrected chi connectivity index (χ0v) is 13.8. The predicted octanol–water partition coefficient (Wildman–Crippen LogP) is 0.584. The Bertz CT molecular complexity index is 481. The lowest BCUT2D eigenvalue weighted by atomic mass is 9.99. The molecule has 0 amide bonds. The summed E-state index contributed by atoms with van der Waals surface area (Å²) < 4.78 is 2.01. The Morgan fingerprint density at radius 1 is 1.32 bits per heavy atom. The van der Waals surface area contributed by atoms with Gasteiger partial charge in [-0.3, -0.25) is 0 Å². The van der Waals surface area contributed by atoms with Crippen molar-refractivity contribution < 1.29 is 5.11 Å². The molecule has 6 heteroatoms. The van der Waals surface area contributed by atoms with Crippen LogP contribution in [0.4, 0.5) is 0 Å². The number of aryl methyl sites for hydroxylation is 2. The summed E-state index contributed by atoms with van der Waals surface area (Å²) in [6.45, 7) is 8.84. The van der Waals surface area contributed by atoms with Gasteiger partial charge in [0.25, 0.3) is 0 Å². The summed E-state index contributed by atoms with van der Waals surface area (Å²) in [5.41, 5.74) is 0. The van der Waals surface area contributed by atoms with Gasteiger partial charge in [0.15, 0.2) is 0 Å². The van der Waals surface area contributed by atoms with Crippen LogP contribution in [0.25, 0.3) is 0 Å². The summed E-state index contributed by atoms with van der Waals surface area (Å²) in [6, 6.07) is 0.393. The quantitative estimate of drug-likeness (QED) is 0.833. The lowest BCUT2D eigenvalue weighted by Crippen LogP contribution is -2.46. The van der Waals surface area contributed by atoms with Gasteiger partial charge in [-0.25, -0.2) is 9.67 Å². The van der Waals surface area contributed by atoms with Crippen LogP contribution in [0.1, 0.15) is 37.8 Å². The highest BCUT2D eigenvalue weighted by Gasteiger charge is 2.22. The van der Waals surface area contributed by atoms with Gasteiger partial charge in [0.2, 0.25) is 0 Å². The van der Waals surface area contributed by atoms with Crippen LogP contribution in [0.3, 0.4) is 0 Å². The van der Waals surface area contributed by atoms with E-state index in [-0.39, 0.29) is 6.10 Å². The van der Waals surface area contributed by atoms with Crippen molar-refractivity contribution in [3.63, 3.8) is 0 Å². The van der Waals surface area contributed by atoms with E-state index >= 15 is 0 Å². The molecule has 0 bridgehead atoms. The molecule has 0 spiro atoms. The van der Waals surface area contributed by atoms with Gasteiger partial charge in [-0.15, -0.1) is 0 Å². The molecule has 2 aliphatic heterocycles. The van der Waals surface area contributed by atoms with Crippen molar-refractivity contribution in [2.75, 3.05) is 26.2 Å². The molecule has 1 saturated heterocycles. The van der Waals surface area contributed by atoms with Gasteiger partial charge in [-0.05, 0) is 45.2 Å². The van der Waals surface area contributed by atoms with Gasteiger partial charge in [0.05, 0.1) is 12.6 Å². The highest BCUT2D eigenvalue weighted by molar-refractivity contribution is 4.96. The zero-order chi connectivity index (χ0) is 15.5. The monoisotopic (exact) mass is 307 g/mol. The van der Waals surface area contributed by atoms with E-state index in [4.69, 9.17) is 0 Å². The molecule has 0 aromatic carbocycles. The average molecular weight is 307 g/mol. The van der Waals surface area contributed by atoms with Crippen molar-refractivity contribution in [1.29, 1.82) is 0 Å². The minimum Gasteiger partial charge on any atom is -0.390 e. The molecule has 124 valence electrons. The molecule has 2 aliphatic rings. The van der Waals surface area contributed by atoms with E-state index in [0.29, 0.717) is 12.6 Å². The molecule has 0 saturated carbocycles. The van der Waals surface area contributed by atoms with E-state index in [1.54, 1.807) is 0 Å². The number of β-amino-alcohol motifs (C(OH)–C–C–N with tert-alkyl or cyclic N) is 1. The fraction of sp³-hybridized carbons (Fsp3) is 0.875. The van der Waals surface area contributed by atoms with Gasteiger partial charge < -0.3 is 15.3 Å². The summed E-state index contributed by atoms with van der Waals surface area (Å²) in [7, 11) is 0. The third-order valence-corrected chi connectivity index (χ3v) is 4.95. The van der Waals surface area contributed by atoms with Crippen molar-refractivity contribution in [2.45, 2.75) is 58.2 Å². The Kier molecular flexibility index (Phi) is 5.10. The van der Waals surface area contributed by atoms with Crippen LogP contribution in [-0.4, -0.2) is 63.1 Å². The average Bonchev–Trinajstić information content (AvgIpc) is 2.87. The molecule has 1 fully saturated rings. The van der Waals surface area contributed by atoms with E-state index in [0.717, 1.165) is 56.6 Å². The third kappa shape index (κ3) is 4.06. The summed E-state index contributed by atoms with van der Waals surface area (Å²) in [4.78, 5) is 6.83. The van der Waals surface area contributed by atoms with Crippen LogP contribution in [-0.2, 0) is 13.0 Å². The van der Waals surface area contributed by atoms with E-state index in [1.165, 1.54) is 12.8 Å². The summed E-state index contributed by atoms with van der Waals surface area (Å²) >= 11 is 0. The first kappa shape index (κ1) is 15.9. The molecule has 2 atom stereocenters. The smallest absolute Gasteiger partial charge is 0.147 e. The molecule has 3 rings (SSSR count). The number of fused-ring (bicyclic) bond motifs is 1. The van der Waals surface area contributed by atoms with Gasteiger partial charge in [0.1, 0.15) is 11.6 Å². The molecule has 1 aromatic rings. The molecule has 0 aliphatic carbocycles. The van der Waals surface area contributed by atoms with Crippen molar-refractivity contribution in [1.82, 2.24) is 25.0 Å². The van der Waals surface area contributed by atoms with Crippen LogP contribution < -0.4 is 5.32 Å². The Morgan fingerprint density at radius 2 is 2.09 bits per heavy atom. The SMILES string of the molecule is Cc1nc2n(n1)CC(NCC(O)CN1CCC(C)CC1)CC2. The largest absolute Gasteiger partial charge is 0.390 e. The molecular formula is C16H29N5O. The maximum absolute atomic E-state index is 10.3. The lowest BCUT2D eigenvalue weighted by Gasteiger charge is -2.32. The van der Waals surface area contributed by atoms with Crippen LogP contribution in [0, 0.1) is 12.8 Å². The van der Waals surface area contributed by atoms with E-state index in [2.05, 4.69) is 27.2 Å². The first-order valence-corrected chi connectivity index (χ1v) is 8.64. The predicted molar refractivity (Wildman–Crippen MR) is 85.7 cm³/mol. The van der Waals surface area contributed by atoms with Crippen molar-refractivity contribution in [2.24, 2.45) is 5.92 Å². The fourth-order valence-corrected chi connectivity index (χ4v) is 3.51. The third-order valence-electron chi connectivity index (χ3n) is 4.95. The topological polar surface area (TPSA) is 66.2 Å². The number of aliphatic hydroxyl groups is 1. The number of nitrogens with one attached hydrogen (secondary N) is 1. The molecule has 1 aromatic heterocycles. The molecule has 3 heterocycles. The van der Waals surface area contributed by atoms with E-state index in [1.807, 2.05) is 11.6 Å². The van der Waals surface area contributed by atoms with Crippen LogP contribution in [0.15, 0.2) is 0 Å². The Hall–Kier alpha value is -0.980. The number of rotatable bonds is 5. The second-order valence-electron chi connectivity index (χ2n) is 7.04. The van der Waals surface area contributed by atoms with Crippen LogP contribution >= 0.6 is 0 Å². The second-order valence-corrected chi connectivity index (χ2v) is 7.04. The van der Waals surface area contributed by atoms with E-state index < -0.39 is 0 Å². The Morgan fingerprint density at radius 3 is 2.86 bits per heavy atom. The van der Waals surface area contributed by atoms with Gasteiger partial charge in [-0.2, -0.15) is 5.10 Å². The van der Waals surface area contributed by atoms with Crippen molar-refractivity contribution >= 4 is 0 Å². The number of hydrogen-bond acceptors (Lipinski definition) is 5. The maximum atomic E-state index is 10.3. The second kappa shape index (κ2) is 7.06. The number of nitrogens with zero attached hydrogens (tertiary/aromatic N) is 4. The molecule has 2 N–H and O–H groups in total. The Balaban J connectivity index is 1.39. The number of hydrogen-bond donors (Lipinski definition) is 2. The Labute approximate surface area is 132 Å². The molecule has 2 unspecified atom stereocenters. The first-order chi connectivity index (χ1) is 10.6. The number of likely N-dealkylation sites (tertiary alicyclic amines) is 1. The highest BCUT2D eigenvalue weighted by Crippen LogP contribution is 2.16. The summed E-state index contributed by atoms with van der Waals surface area (Å²) in [6.07, 6.45) is 4.28. The maximum Gasteiger partial charge on any atom is 0.147 e. The fourth-order valence-electron chi connectivity index (χ4n) is 3.51. The van der Waals surface area contributed by atoms with Crippen molar-refractivity contribution in [3.05, 3.63) is 11.6 Å². The van der Waals surface area contributed by atoms with Gasteiger partial charge in [0, 0.05) is 25.6 Å². The molecule has 0 radical (unpaired) electrons.